The van der Waals surface area contributed by atoms with Gasteiger partial charge in [-0.1, -0.05) is 108 Å². The number of aliphatic hydroxyl groups is 2. The lowest BCUT2D eigenvalue weighted by molar-refractivity contribution is 0.134. The van der Waals surface area contributed by atoms with Crippen molar-refractivity contribution in [2.24, 2.45) is 4.99 Å². The maximum absolute atomic E-state index is 9.79. The molecule has 2 N–H and O–H groups in total. The Hall–Kier alpha value is -1.65. The number of aliphatic imine (C=N–C) groups is 1. The zero-order chi connectivity index (χ0) is 22.9. The molecular formula is C28H46N2O2. The Bertz CT molecular complexity index is 653. The minimum absolute atomic E-state index is 0.140. The first-order valence-corrected chi connectivity index (χ1v) is 13.0. The zero-order valence-corrected chi connectivity index (χ0v) is 20.4. The van der Waals surface area contributed by atoms with Crippen LogP contribution < -0.4 is 4.90 Å². The second kappa shape index (κ2) is 16.0. The van der Waals surface area contributed by atoms with Gasteiger partial charge >= 0.3 is 0 Å². The predicted octanol–water partition coefficient (Wildman–Crippen LogP) is 6.67. The molecule has 1 aliphatic heterocycles. The number of amidine groups is 1. The minimum atomic E-state index is -0.797. The topological polar surface area (TPSA) is 56.1 Å². The maximum Gasteiger partial charge on any atom is 0.126 e. The molecule has 4 heteroatoms. The van der Waals surface area contributed by atoms with E-state index >= 15 is 0 Å². The van der Waals surface area contributed by atoms with E-state index in [1.807, 2.05) is 18.2 Å². The van der Waals surface area contributed by atoms with Gasteiger partial charge in [-0.15, -0.1) is 0 Å². The van der Waals surface area contributed by atoms with Gasteiger partial charge in [-0.3, -0.25) is 4.99 Å². The summed E-state index contributed by atoms with van der Waals surface area (Å²) in [5.74, 6) is 0.922. The lowest BCUT2D eigenvalue weighted by atomic mass is 10.0. The van der Waals surface area contributed by atoms with E-state index in [2.05, 4.69) is 36.1 Å². The fourth-order valence-corrected chi connectivity index (χ4v) is 4.39. The summed E-state index contributed by atoms with van der Waals surface area (Å²) < 4.78 is 0. The van der Waals surface area contributed by atoms with E-state index in [1.54, 1.807) is 0 Å². The molecule has 2 rings (SSSR count). The van der Waals surface area contributed by atoms with E-state index in [0.29, 0.717) is 6.54 Å². The normalized spacial score (nSPS) is 15.6. The number of aliphatic hydroxyl groups excluding tert-OH is 2. The van der Waals surface area contributed by atoms with Crippen LogP contribution in [0.25, 0.3) is 0 Å². The van der Waals surface area contributed by atoms with Gasteiger partial charge in [0.1, 0.15) is 11.4 Å². The van der Waals surface area contributed by atoms with Crippen molar-refractivity contribution in [3.8, 4) is 0 Å². The molecule has 0 atom stereocenters. The van der Waals surface area contributed by atoms with Gasteiger partial charge in [0, 0.05) is 12.1 Å². The van der Waals surface area contributed by atoms with Crippen LogP contribution in [0.3, 0.4) is 0 Å². The van der Waals surface area contributed by atoms with E-state index in [4.69, 9.17) is 4.99 Å². The van der Waals surface area contributed by atoms with Crippen LogP contribution in [0.4, 0.5) is 5.69 Å². The van der Waals surface area contributed by atoms with Gasteiger partial charge in [0.15, 0.2) is 0 Å². The molecule has 0 bridgehead atoms. The lowest BCUT2D eigenvalue weighted by Gasteiger charge is -2.24. The molecule has 0 saturated heterocycles. The standard InChI is InChI=1S/C28H46N2O2/c1-2-3-4-5-6-7-8-9-10-11-12-13-14-15-19-22-27-29-28(24-31,25-32)23-30(27)26-20-17-16-18-21-26/h15-21,31-32H,2-14,22-25H2,1H3. The quantitative estimate of drug-likeness (QED) is 0.197. The summed E-state index contributed by atoms with van der Waals surface area (Å²) >= 11 is 0. The number of anilines is 1. The van der Waals surface area contributed by atoms with Gasteiger partial charge in [-0.25, -0.2) is 0 Å². The summed E-state index contributed by atoms with van der Waals surface area (Å²) in [6.45, 7) is 2.52. The average Bonchev–Trinajstić information content (AvgIpc) is 3.21. The average molecular weight is 443 g/mol. The molecule has 32 heavy (non-hydrogen) atoms. The molecular weight excluding hydrogens is 396 g/mol. The second-order valence-corrected chi connectivity index (χ2v) is 9.34. The largest absolute Gasteiger partial charge is 0.394 e. The lowest BCUT2D eigenvalue weighted by Crippen LogP contribution is -2.42. The van der Waals surface area contributed by atoms with Crippen molar-refractivity contribution in [2.75, 3.05) is 24.7 Å². The molecule has 0 aromatic heterocycles. The number of unbranched alkanes of at least 4 members (excludes halogenated alkanes) is 12. The molecule has 4 nitrogen and oxygen atoms in total. The Morgan fingerprint density at radius 3 is 1.94 bits per heavy atom. The van der Waals surface area contributed by atoms with Gasteiger partial charge in [-0.05, 0) is 25.0 Å². The van der Waals surface area contributed by atoms with Crippen molar-refractivity contribution in [1.29, 1.82) is 0 Å². The van der Waals surface area contributed by atoms with Gasteiger partial charge in [0.25, 0.3) is 0 Å². The zero-order valence-electron chi connectivity index (χ0n) is 20.4. The fraction of sp³-hybridized carbons (Fsp3) is 0.679. The summed E-state index contributed by atoms with van der Waals surface area (Å²) in [7, 11) is 0. The summed E-state index contributed by atoms with van der Waals surface area (Å²) in [6, 6.07) is 10.1. The molecule has 0 aliphatic carbocycles. The smallest absolute Gasteiger partial charge is 0.126 e. The molecule has 1 aromatic carbocycles. The van der Waals surface area contributed by atoms with E-state index in [1.165, 1.54) is 77.0 Å². The molecule has 0 unspecified atom stereocenters. The van der Waals surface area contributed by atoms with Crippen LogP contribution in [0.2, 0.25) is 0 Å². The SMILES string of the molecule is CCCCCCCCCCCCCCC=CCC1=NC(CO)(CO)CN1c1ccccc1. The minimum Gasteiger partial charge on any atom is -0.394 e. The van der Waals surface area contributed by atoms with Crippen LogP contribution >= 0.6 is 0 Å². The highest BCUT2D eigenvalue weighted by Crippen LogP contribution is 2.27. The number of rotatable bonds is 18. The summed E-state index contributed by atoms with van der Waals surface area (Å²) in [5, 5.41) is 19.6. The van der Waals surface area contributed by atoms with Crippen molar-refractivity contribution >= 4 is 11.5 Å². The Kier molecular flexibility index (Phi) is 13.3. The molecule has 0 saturated carbocycles. The van der Waals surface area contributed by atoms with E-state index in [9.17, 15) is 10.2 Å². The number of allylic oxidation sites excluding steroid dienone is 1. The summed E-state index contributed by atoms with van der Waals surface area (Å²) in [4.78, 5) is 6.83. The van der Waals surface area contributed by atoms with Gasteiger partial charge < -0.3 is 15.1 Å². The number of para-hydroxylation sites is 1. The third-order valence-electron chi connectivity index (χ3n) is 6.48. The van der Waals surface area contributed by atoms with Crippen molar-refractivity contribution in [3.63, 3.8) is 0 Å². The second-order valence-electron chi connectivity index (χ2n) is 9.34. The highest BCUT2D eigenvalue weighted by molar-refractivity contribution is 6.01. The van der Waals surface area contributed by atoms with Crippen LogP contribution in [0, 0.1) is 0 Å². The molecule has 0 amide bonds. The number of benzene rings is 1. The molecule has 0 fully saturated rings. The number of nitrogens with zero attached hydrogens (tertiary/aromatic N) is 2. The van der Waals surface area contributed by atoms with Crippen LogP contribution in [0.1, 0.15) is 96.8 Å². The van der Waals surface area contributed by atoms with Crippen molar-refractivity contribution in [1.82, 2.24) is 0 Å². The Morgan fingerprint density at radius 2 is 1.38 bits per heavy atom. The molecule has 1 heterocycles. The summed E-state index contributed by atoms with van der Waals surface area (Å²) in [6.07, 6.45) is 22.8. The Balaban J connectivity index is 1.60. The van der Waals surface area contributed by atoms with Crippen molar-refractivity contribution < 1.29 is 10.2 Å². The third-order valence-corrected chi connectivity index (χ3v) is 6.48. The van der Waals surface area contributed by atoms with Gasteiger partial charge in [-0.2, -0.15) is 0 Å². The third kappa shape index (κ3) is 9.46. The van der Waals surface area contributed by atoms with Gasteiger partial charge in [0.2, 0.25) is 0 Å². The van der Waals surface area contributed by atoms with E-state index < -0.39 is 5.54 Å². The highest BCUT2D eigenvalue weighted by Gasteiger charge is 2.38. The Labute approximate surface area is 196 Å². The molecule has 1 aliphatic rings. The fourth-order valence-electron chi connectivity index (χ4n) is 4.39. The summed E-state index contributed by atoms with van der Waals surface area (Å²) in [5.41, 5.74) is 0.263. The van der Waals surface area contributed by atoms with Crippen LogP contribution in [0.15, 0.2) is 47.5 Å². The molecule has 0 radical (unpaired) electrons. The number of hydrogen-bond acceptors (Lipinski definition) is 4. The first-order chi connectivity index (χ1) is 15.7. The van der Waals surface area contributed by atoms with Gasteiger partial charge in [0.05, 0.1) is 19.8 Å². The van der Waals surface area contributed by atoms with Crippen LogP contribution in [-0.4, -0.2) is 41.3 Å². The highest BCUT2D eigenvalue weighted by atomic mass is 16.3. The van der Waals surface area contributed by atoms with Crippen molar-refractivity contribution in [2.45, 2.75) is 102 Å². The maximum atomic E-state index is 9.79. The van der Waals surface area contributed by atoms with E-state index in [-0.39, 0.29) is 13.2 Å². The van der Waals surface area contributed by atoms with Crippen LogP contribution in [0.5, 0.6) is 0 Å². The first-order valence-electron chi connectivity index (χ1n) is 13.0. The van der Waals surface area contributed by atoms with E-state index in [0.717, 1.165) is 24.4 Å². The molecule has 0 spiro atoms. The predicted molar refractivity (Wildman–Crippen MR) is 138 cm³/mol. The monoisotopic (exact) mass is 442 g/mol. The molecule has 180 valence electrons. The Morgan fingerprint density at radius 1 is 0.812 bits per heavy atom. The van der Waals surface area contributed by atoms with Crippen molar-refractivity contribution in [3.05, 3.63) is 42.5 Å². The first kappa shape index (κ1) is 26.6. The number of hydrogen-bond donors (Lipinski definition) is 2. The van der Waals surface area contributed by atoms with Crippen LogP contribution in [-0.2, 0) is 0 Å². The molecule has 1 aromatic rings.